The van der Waals surface area contributed by atoms with E-state index in [1.807, 2.05) is 0 Å². The first-order valence-corrected chi connectivity index (χ1v) is 8.84. The zero-order chi connectivity index (χ0) is 18.1. The van der Waals surface area contributed by atoms with E-state index in [2.05, 4.69) is 16.2 Å². The highest BCUT2D eigenvalue weighted by Gasteiger charge is 2.28. The maximum atomic E-state index is 12.9. The van der Waals surface area contributed by atoms with Crippen LogP contribution < -0.4 is 10.3 Å². The summed E-state index contributed by atoms with van der Waals surface area (Å²) in [7, 11) is 0. The van der Waals surface area contributed by atoms with Crippen LogP contribution in [0, 0.1) is 5.92 Å². The SMILES string of the molecule is CC(F)Oc1ccc(-c2ccc(=O)n(CC3=NC(C4CC4)=CC3)n2)cc1. The Hall–Kier alpha value is -2.76. The van der Waals surface area contributed by atoms with Crippen LogP contribution in [0.5, 0.6) is 5.75 Å². The Balaban J connectivity index is 1.53. The number of halogens is 1. The fourth-order valence-corrected chi connectivity index (χ4v) is 3.01. The first kappa shape index (κ1) is 16.7. The van der Waals surface area contributed by atoms with Crippen LogP contribution in [0.4, 0.5) is 4.39 Å². The van der Waals surface area contributed by atoms with Crippen molar-refractivity contribution in [2.75, 3.05) is 0 Å². The minimum atomic E-state index is -1.36. The van der Waals surface area contributed by atoms with E-state index >= 15 is 0 Å². The van der Waals surface area contributed by atoms with Crippen LogP contribution in [0.1, 0.15) is 26.2 Å². The van der Waals surface area contributed by atoms with Gasteiger partial charge in [-0.2, -0.15) is 5.10 Å². The van der Waals surface area contributed by atoms with Crippen LogP contribution in [0.3, 0.4) is 0 Å². The van der Waals surface area contributed by atoms with Gasteiger partial charge in [-0.05, 0) is 43.2 Å². The van der Waals surface area contributed by atoms with Crippen molar-refractivity contribution in [1.82, 2.24) is 9.78 Å². The van der Waals surface area contributed by atoms with Crippen LogP contribution >= 0.6 is 0 Å². The Morgan fingerprint density at radius 3 is 2.69 bits per heavy atom. The fourth-order valence-electron chi connectivity index (χ4n) is 3.01. The topological polar surface area (TPSA) is 56.5 Å². The number of alkyl halides is 1. The number of hydrogen-bond donors (Lipinski definition) is 0. The summed E-state index contributed by atoms with van der Waals surface area (Å²) in [5.74, 6) is 1.08. The molecule has 1 unspecified atom stereocenters. The van der Waals surface area contributed by atoms with E-state index in [0.717, 1.165) is 17.7 Å². The Kier molecular flexibility index (Phi) is 4.41. The zero-order valence-corrected chi connectivity index (χ0v) is 14.6. The molecule has 0 N–H and O–H groups in total. The summed E-state index contributed by atoms with van der Waals surface area (Å²) < 4.78 is 19.4. The second-order valence-corrected chi connectivity index (χ2v) is 6.69. The highest BCUT2D eigenvalue weighted by Crippen LogP contribution is 2.39. The number of aliphatic imine (C=N–C) groups is 1. The molecule has 0 amide bonds. The molecule has 6 heteroatoms. The molecule has 26 heavy (non-hydrogen) atoms. The zero-order valence-electron chi connectivity index (χ0n) is 14.6. The molecular formula is C20H20FN3O2. The van der Waals surface area contributed by atoms with Crippen LogP contribution in [0.2, 0.25) is 0 Å². The summed E-state index contributed by atoms with van der Waals surface area (Å²) in [6.45, 7) is 1.74. The van der Waals surface area contributed by atoms with Gasteiger partial charge in [0, 0.05) is 42.3 Å². The van der Waals surface area contributed by atoms with Gasteiger partial charge in [0.2, 0.25) is 6.36 Å². The summed E-state index contributed by atoms with van der Waals surface area (Å²) in [5.41, 5.74) is 3.50. The molecule has 2 aliphatic rings. The van der Waals surface area contributed by atoms with Crippen LogP contribution in [-0.4, -0.2) is 21.8 Å². The molecule has 1 aromatic heterocycles. The highest BCUT2D eigenvalue weighted by molar-refractivity contribution is 5.88. The predicted octanol–water partition coefficient (Wildman–Crippen LogP) is 3.74. The predicted molar refractivity (Wildman–Crippen MR) is 98.0 cm³/mol. The molecule has 1 fully saturated rings. The largest absolute Gasteiger partial charge is 0.461 e. The number of hydrogen-bond acceptors (Lipinski definition) is 4. The quantitative estimate of drug-likeness (QED) is 0.795. The van der Waals surface area contributed by atoms with E-state index < -0.39 is 6.36 Å². The van der Waals surface area contributed by atoms with Crippen LogP contribution in [-0.2, 0) is 6.54 Å². The van der Waals surface area contributed by atoms with Gasteiger partial charge in [0.15, 0.2) is 0 Å². The van der Waals surface area contributed by atoms with Gasteiger partial charge in [0.05, 0.1) is 12.2 Å². The maximum absolute atomic E-state index is 12.9. The monoisotopic (exact) mass is 353 g/mol. The lowest BCUT2D eigenvalue weighted by molar-refractivity contribution is 0.0861. The molecule has 2 heterocycles. The summed E-state index contributed by atoms with van der Waals surface area (Å²) in [4.78, 5) is 16.8. The van der Waals surface area contributed by atoms with Crippen LogP contribution in [0.25, 0.3) is 11.3 Å². The lowest BCUT2D eigenvalue weighted by Gasteiger charge is -2.09. The molecule has 0 radical (unpaired) electrons. The van der Waals surface area contributed by atoms with Crippen molar-refractivity contribution in [2.45, 2.75) is 39.1 Å². The maximum Gasteiger partial charge on any atom is 0.267 e. The second-order valence-electron chi connectivity index (χ2n) is 6.69. The molecule has 1 saturated carbocycles. The lowest BCUT2D eigenvalue weighted by atomic mass is 10.1. The number of allylic oxidation sites excluding steroid dienone is 2. The first-order valence-electron chi connectivity index (χ1n) is 8.84. The fraction of sp³-hybridized carbons (Fsp3) is 0.350. The Morgan fingerprint density at radius 2 is 2.00 bits per heavy atom. The minimum Gasteiger partial charge on any atom is -0.461 e. The smallest absolute Gasteiger partial charge is 0.267 e. The molecule has 0 saturated heterocycles. The third-order valence-electron chi connectivity index (χ3n) is 4.48. The van der Waals surface area contributed by atoms with Crippen molar-refractivity contribution in [1.29, 1.82) is 0 Å². The first-order chi connectivity index (χ1) is 12.6. The van der Waals surface area contributed by atoms with E-state index in [9.17, 15) is 9.18 Å². The highest BCUT2D eigenvalue weighted by atomic mass is 19.1. The normalized spacial score (nSPS) is 17.6. The summed E-state index contributed by atoms with van der Waals surface area (Å²) in [5, 5.41) is 4.47. The van der Waals surface area contributed by atoms with Gasteiger partial charge in [-0.25, -0.2) is 9.07 Å². The molecule has 5 nitrogen and oxygen atoms in total. The number of benzene rings is 1. The molecule has 0 spiro atoms. The van der Waals surface area contributed by atoms with Crippen molar-refractivity contribution in [3.05, 3.63) is 58.5 Å². The summed E-state index contributed by atoms with van der Waals surface area (Å²) in [6, 6.07) is 10.2. The second kappa shape index (κ2) is 6.86. The van der Waals surface area contributed by atoms with Gasteiger partial charge in [0.1, 0.15) is 5.75 Å². The number of nitrogens with zero attached hydrogens (tertiary/aromatic N) is 3. The van der Waals surface area contributed by atoms with Crippen molar-refractivity contribution in [3.8, 4) is 17.0 Å². The van der Waals surface area contributed by atoms with Gasteiger partial charge in [0.25, 0.3) is 5.56 Å². The Morgan fingerprint density at radius 1 is 1.23 bits per heavy atom. The Bertz CT molecular complexity index is 925. The molecule has 1 aliphatic carbocycles. The van der Waals surface area contributed by atoms with Gasteiger partial charge < -0.3 is 4.74 Å². The minimum absolute atomic E-state index is 0.150. The number of ether oxygens (including phenoxy) is 1. The molecule has 1 aromatic carbocycles. The van der Waals surface area contributed by atoms with E-state index in [-0.39, 0.29) is 5.56 Å². The third-order valence-corrected chi connectivity index (χ3v) is 4.48. The standard InChI is InChI=1S/C20H20FN3O2/c1-13(21)26-17-7-4-15(5-8-17)19-10-11-20(25)24(23-19)12-16-6-9-18(22-16)14-2-3-14/h4-5,7-11,13-14H,2-3,6,12H2,1H3. The number of rotatable bonds is 6. The average Bonchev–Trinajstić information content (AvgIpc) is 3.37. The lowest BCUT2D eigenvalue weighted by Crippen LogP contribution is -2.25. The van der Waals surface area contributed by atoms with Gasteiger partial charge in [-0.15, -0.1) is 0 Å². The molecule has 0 bridgehead atoms. The Labute approximate surface area is 150 Å². The molecule has 2 aromatic rings. The van der Waals surface area contributed by atoms with E-state index in [4.69, 9.17) is 4.74 Å². The van der Waals surface area contributed by atoms with Crippen molar-refractivity contribution in [2.24, 2.45) is 10.9 Å². The molecular weight excluding hydrogens is 333 g/mol. The van der Waals surface area contributed by atoms with Gasteiger partial charge >= 0.3 is 0 Å². The summed E-state index contributed by atoms with van der Waals surface area (Å²) in [6.07, 6.45) is 4.03. The third kappa shape index (κ3) is 3.74. The van der Waals surface area contributed by atoms with Crippen LogP contribution in [0.15, 0.2) is 58.0 Å². The molecule has 1 atom stereocenters. The van der Waals surface area contributed by atoms with E-state index in [1.165, 1.54) is 36.2 Å². The van der Waals surface area contributed by atoms with Gasteiger partial charge in [-0.3, -0.25) is 9.79 Å². The van der Waals surface area contributed by atoms with Gasteiger partial charge in [-0.1, -0.05) is 6.08 Å². The molecule has 1 aliphatic heterocycles. The average molecular weight is 353 g/mol. The van der Waals surface area contributed by atoms with Crippen molar-refractivity contribution in [3.63, 3.8) is 0 Å². The van der Waals surface area contributed by atoms with Crippen molar-refractivity contribution >= 4 is 5.71 Å². The molecule has 4 rings (SSSR count). The van der Waals surface area contributed by atoms with Crippen molar-refractivity contribution < 1.29 is 9.13 Å². The summed E-state index contributed by atoms with van der Waals surface area (Å²) >= 11 is 0. The van der Waals surface area contributed by atoms with E-state index in [1.54, 1.807) is 30.3 Å². The number of aromatic nitrogens is 2. The van der Waals surface area contributed by atoms with E-state index in [0.29, 0.717) is 23.9 Å². The molecule has 134 valence electrons.